The monoisotopic (exact) mass is 322 g/mol. The summed E-state index contributed by atoms with van der Waals surface area (Å²) in [4.78, 5) is 22.8. The van der Waals surface area contributed by atoms with Crippen molar-refractivity contribution in [3.05, 3.63) is 59.7 Å². The van der Waals surface area contributed by atoms with Gasteiger partial charge >= 0.3 is 0 Å². The SMILES string of the molecule is O=C(CCl)c1ccc(Oc2ccc(C(=O)CCl)cc2)cc1. The van der Waals surface area contributed by atoms with E-state index in [1.165, 1.54) is 0 Å². The minimum absolute atomic E-state index is 0.0454. The second kappa shape index (κ2) is 7.25. The lowest BCUT2D eigenvalue weighted by atomic mass is 10.1. The number of hydrogen-bond donors (Lipinski definition) is 0. The maximum atomic E-state index is 11.4. The number of benzene rings is 2. The molecule has 0 N–H and O–H groups in total. The van der Waals surface area contributed by atoms with Crippen LogP contribution in [0.4, 0.5) is 0 Å². The molecule has 0 atom stereocenters. The topological polar surface area (TPSA) is 43.4 Å². The second-order valence-electron chi connectivity index (χ2n) is 4.26. The van der Waals surface area contributed by atoms with Crippen molar-refractivity contribution in [1.29, 1.82) is 0 Å². The van der Waals surface area contributed by atoms with E-state index in [1.54, 1.807) is 48.5 Å². The molecule has 3 nitrogen and oxygen atoms in total. The smallest absolute Gasteiger partial charge is 0.177 e. The molecule has 0 heterocycles. The maximum absolute atomic E-state index is 11.4. The predicted molar refractivity (Wildman–Crippen MR) is 83.1 cm³/mol. The summed E-state index contributed by atoms with van der Waals surface area (Å²) >= 11 is 11.0. The van der Waals surface area contributed by atoms with Crippen LogP contribution in [-0.4, -0.2) is 23.3 Å². The molecule has 0 aliphatic heterocycles. The molecule has 2 aromatic rings. The van der Waals surface area contributed by atoms with Crippen molar-refractivity contribution in [3.8, 4) is 11.5 Å². The molecule has 5 heteroatoms. The number of alkyl halides is 2. The van der Waals surface area contributed by atoms with Gasteiger partial charge < -0.3 is 4.74 Å². The standard InChI is InChI=1S/C16H12Cl2O3/c17-9-15(19)11-1-5-13(6-2-11)21-14-7-3-12(4-8-14)16(20)10-18/h1-8H,9-10H2. The Labute approximate surface area is 132 Å². The van der Waals surface area contributed by atoms with Crippen LogP contribution in [0.5, 0.6) is 11.5 Å². The van der Waals surface area contributed by atoms with Gasteiger partial charge in [-0.15, -0.1) is 23.2 Å². The quantitative estimate of drug-likeness (QED) is 0.587. The molecule has 0 bridgehead atoms. The van der Waals surface area contributed by atoms with Crippen molar-refractivity contribution in [2.24, 2.45) is 0 Å². The van der Waals surface area contributed by atoms with E-state index in [4.69, 9.17) is 27.9 Å². The Kier molecular flexibility index (Phi) is 5.37. The van der Waals surface area contributed by atoms with Gasteiger partial charge in [-0.25, -0.2) is 0 Å². The van der Waals surface area contributed by atoms with Gasteiger partial charge in [-0.2, -0.15) is 0 Å². The lowest BCUT2D eigenvalue weighted by molar-refractivity contribution is 0.101. The molecule has 0 aliphatic carbocycles. The van der Waals surface area contributed by atoms with Gasteiger partial charge in [-0.05, 0) is 48.5 Å². The minimum atomic E-state index is -0.132. The molecule has 0 aliphatic rings. The van der Waals surface area contributed by atoms with Gasteiger partial charge in [0.2, 0.25) is 0 Å². The lowest BCUT2D eigenvalue weighted by Crippen LogP contribution is -2.00. The molecular weight excluding hydrogens is 311 g/mol. The molecule has 0 amide bonds. The average molecular weight is 323 g/mol. The average Bonchev–Trinajstić information content (AvgIpc) is 2.55. The molecular formula is C16H12Cl2O3. The Bertz CT molecular complexity index is 576. The molecule has 0 spiro atoms. The van der Waals surface area contributed by atoms with Gasteiger partial charge in [-0.3, -0.25) is 9.59 Å². The molecule has 2 aromatic carbocycles. The minimum Gasteiger partial charge on any atom is -0.457 e. The first kappa shape index (κ1) is 15.5. The number of carbonyl (C=O) groups excluding carboxylic acids is 2. The van der Waals surface area contributed by atoms with Crippen molar-refractivity contribution < 1.29 is 14.3 Å². The van der Waals surface area contributed by atoms with Crippen LogP contribution in [0.3, 0.4) is 0 Å². The lowest BCUT2D eigenvalue weighted by Gasteiger charge is -2.07. The third-order valence-electron chi connectivity index (χ3n) is 2.83. The van der Waals surface area contributed by atoms with Crippen LogP contribution < -0.4 is 4.74 Å². The van der Waals surface area contributed by atoms with Crippen molar-refractivity contribution in [1.82, 2.24) is 0 Å². The fourth-order valence-electron chi connectivity index (χ4n) is 1.71. The number of hydrogen-bond acceptors (Lipinski definition) is 3. The predicted octanol–water partition coefficient (Wildman–Crippen LogP) is 4.32. The summed E-state index contributed by atoms with van der Waals surface area (Å²) in [6.07, 6.45) is 0. The summed E-state index contributed by atoms with van der Waals surface area (Å²) < 4.78 is 5.63. The van der Waals surface area contributed by atoms with Crippen LogP contribution in [0.25, 0.3) is 0 Å². The van der Waals surface area contributed by atoms with Crippen LogP contribution in [0.2, 0.25) is 0 Å². The van der Waals surface area contributed by atoms with Crippen LogP contribution in [0.15, 0.2) is 48.5 Å². The third-order valence-corrected chi connectivity index (χ3v) is 3.32. The van der Waals surface area contributed by atoms with Crippen LogP contribution in [0, 0.1) is 0 Å². The molecule has 21 heavy (non-hydrogen) atoms. The van der Waals surface area contributed by atoms with Gasteiger partial charge in [0.25, 0.3) is 0 Å². The number of carbonyl (C=O) groups is 2. The Morgan fingerprint density at radius 3 is 1.33 bits per heavy atom. The Morgan fingerprint density at radius 2 is 1.05 bits per heavy atom. The van der Waals surface area contributed by atoms with Crippen LogP contribution in [0.1, 0.15) is 20.7 Å². The summed E-state index contributed by atoms with van der Waals surface area (Å²) in [5, 5.41) is 0. The van der Waals surface area contributed by atoms with E-state index in [1.807, 2.05) is 0 Å². The van der Waals surface area contributed by atoms with Crippen molar-refractivity contribution in [2.45, 2.75) is 0 Å². The number of Topliss-reactive ketones (excluding diaryl/α,β-unsaturated/α-hetero) is 2. The first-order valence-electron chi connectivity index (χ1n) is 6.20. The Morgan fingerprint density at radius 1 is 0.714 bits per heavy atom. The summed E-state index contributed by atoms with van der Waals surface area (Å²) in [6, 6.07) is 13.4. The highest BCUT2D eigenvalue weighted by molar-refractivity contribution is 6.30. The van der Waals surface area contributed by atoms with E-state index < -0.39 is 0 Å². The van der Waals surface area contributed by atoms with E-state index in [0.29, 0.717) is 22.6 Å². The molecule has 0 unspecified atom stereocenters. The van der Waals surface area contributed by atoms with Gasteiger partial charge in [0.1, 0.15) is 11.5 Å². The van der Waals surface area contributed by atoms with E-state index >= 15 is 0 Å². The van der Waals surface area contributed by atoms with Crippen molar-refractivity contribution in [2.75, 3.05) is 11.8 Å². The van der Waals surface area contributed by atoms with Gasteiger partial charge in [-0.1, -0.05) is 0 Å². The summed E-state index contributed by atoms with van der Waals surface area (Å²) in [5.74, 6) is 0.835. The van der Waals surface area contributed by atoms with Crippen LogP contribution in [-0.2, 0) is 0 Å². The fourth-order valence-corrected chi connectivity index (χ4v) is 2.02. The van der Waals surface area contributed by atoms with Gasteiger partial charge in [0, 0.05) is 11.1 Å². The largest absolute Gasteiger partial charge is 0.457 e. The zero-order valence-corrected chi connectivity index (χ0v) is 12.5. The zero-order chi connectivity index (χ0) is 15.2. The van der Waals surface area contributed by atoms with Crippen molar-refractivity contribution >= 4 is 34.8 Å². The first-order chi connectivity index (χ1) is 10.1. The Hall–Kier alpha value is -1.84. The third kappa shape index (κ3) is 4.06. The van der Waals surface area contributed by atoms with E-state index in [0.717, 1.165) is 0 Å². The molecule has 0 radical (unpaired) electrons. The van der Waals surface area contributed by atoms with E-state index in [-0.39, 0.29) is 23.3 Å². The molecule has 0 aromatic heterocycles. The maximum Gasteiger partial charge on any atom is 0.177 e. The number of ether oxygens (including phenoxy) is 1. The molecule has 108 valence electrons. The molecule has 0 saturated heterocycles. The van der Waals surface area contributed by atoms with Crippen molar-refractivity contribution in [3.63, 3.8) is 0 Å². The fraction of sp³-hybridized carbons (Fsp3) is 0.125. The number of rotatable bonds is 6. The first-order valence-corrected chi connectivity index (χ1v) is 7.27. The van der Waals surface area contributed by atoms with Gasteiger partial charge in [0.15, 0.2) is 11.6 Å². The summed E-state index contributed by atoms with van der Waals surface area (Å²) in [7, 11) is 0. The summed E-state index contributed by atoms with van der Waals surface area (Å²) in [5.41, 5.74) is 1.08. The zero-order valence-electron chi connectivity index (χ0n) is 11.0. The highest BCUT2D eigenvalue weighted by Crippen LogP contribution is 2.22. The van der Waals surface area contributed by atoms with E-state index in [9.17, 15) is 9.59 Å². The molecule has 0 saturated carbocycles. The highest BCUT2D eigenvalue weighted by atomic mass is 35.5. The highest BCUT2D eigenvalue weighted by Gasteiger charge is 2.06. The number of ketones is 2. The normalized spacial score (nSPS) is 10.2. The molecule has 0 fully saturated rings. The number of halogens is 2. The van der Waals surface area contributed by atoms with Gasteiger partial charge in [0.05, 0.1) is 11.8 Å². The summed E-state index contributed by atoms with van der Waals surface area (Å²) in [6.45, 7) is 0. The Balaban J connectivity index is 2.08. The molecule has 2 rings (SSSR count). The van der Waals surface area contributed by atoms with Crippen LogP contribution >= 0.6 is 23.2 Å². The van der Waals surface area contributed by atoms with E-state index in [2.05, 4.69) is 0 Å². The second-order valence-corrected chi connectivity index (χ2v) is 4.80.